The molecule has 2 N–H and O–H groups in total. The summed E-state index contributed by atoms with van der Waals surface area (Å²) in [6.07, 6.45) is 5.56. The Bertz CT molecular complexity index is 705. The Morgan fingerprint density at radius 2 is 2.03 bits per heavy atom. The smallest absolute Gasteiger partial charge is 0.239 e. The molecule has 0 aromatic heterocycles. The molecule has 1 heterocycles. The number of amides is 1. The van der Waals surface area contributed by atoms with Crippen molar-refractivity contribution in [1.29, 1.82) is 0 Å². The summed E-state index contributed by atoms with van der Waals surface area (Å²) in [6.45, 7) is 6.64. The molecule has 1 aromatic rings. The van der Waals surface area contributed by atoms with Crippen LogP contribution in [0.15, 0.2) is 40.2 Å². The van der Waals surface area contributed by atoms with Crippen molar-refractivity contribution in [3.8, 4) is 0 Å². The number of rotatable bonds is 10. The van der Waals surface area contributed by atoms with Gasteiger partial charge >= 0.3 is 0 Å². The van der Waals surface area contributed by atoms with Gasteiger partial charge in [-0.3, -0.25) is 14.7 Å². The fourth-order valence-electron chi connectivity index (χ4n) is 3.90. The zero-order chi connectivity index (χ0) is 21.4. The molecule has 1 saturated heterocycles. The molecule has 2 aliphatic rings. The van der Waals surface area contributed by atoms with Crippen molar-refractivity contribution in [2.75, 3.05) is 46.8 Å². The summed E-state index contributed by atoms with van der Waals surface area (Å²) in [5, 5.41) is 6.86. The number of hydrogen-bond donors (Lipinski definition) is 2. The van der Waals surface area contributed by atoms with E-state index in [0.717, 1.165) is 57.9 Å². The largest absolute Gasteiger partial charge is 0.357 e. The number of thioether (sulfide) groups is 1. The van der Waals surface area contributed by atoms with Crippen molar-refractivity contribution in [3.05, 3.63) is 30.3 Å². The lowest BCUT2D eigenvalue weighted by molar-refractivity contribution is -0.133. The van der Waals surface area contributed by atoms with Crippen LogP contribution >= 0.6 is 11.8 Å². The van der Waals surface area contributed by atoms with Crippen LogP contribution in [-0.2, 0) is 4.79 Å². The number of nitrogens with one attached hydrogen (secondary N) is 2. The van der Waals surface area contributed by atoms with Gasteiger partial charge in [0, 0.05) is 43.4 Å². The Kier molecular flexibility index (Phi) is 8.45. The van der Waals surface area contributed by atoms with E-state index in [1.165, 1.54) is 17.7 Å². The van der Waals surface area contributed by atoms with Crippen LogP contribution in [0, 0.1) is 0 Å². The summed E-state index contributed by atoms with van der Waals surface area (Å²) >= 11 is 1.96. The molecule has 3 rings (SSSR count). The van der Waals surface area contributed by atoms with Crippen LogP contribution in [0.25, 0.3) is 0 Å². The maximum Gasteiger partial charge on any atom is 0.239 e. The van der Waals surface area contributed by atoms with Crippen molar-refractivity contribution >= 4 is 23.6 Å². The minimum Gasteiger partial charge on any atom is -0.357 e. The third-order valence-electron chi connectivity index (χ3n) is 5.76. The van der Waals surface area contributed by atoms with Crippen LogP contribution < -0.4 is 10.6 Å². The topological polar surface area (TPSA) is 60.0 Å². The van der Waals surface area contributed by atoms with Crippen LogP contribution in [0.3, 0.4) is 0 Å². The molecule has 1 unspecified atom stereocenters. The first-order valence-electron chi connectivity index (χ1n) is 11.2. The highest BCUT2D eigenvalue weighted by Gasteiger charge is 2.43. The molecule has 1 atom stereocenters. The Morgan fingerprint density at radius 1 is 1.27 bits per heavy atom. The summed E-state index contributed by atoms with van der Waals surface area (Å²) in [4.78, 5) is 22.6. The number of nitrogens with zero attached hydrogens (tertiary/aromatic N) is 3. The molecule has 0 bridgehead atoms. The van der Waals surface area contributed by atoms with Crippen LogP contribution in [0.5, 0.6) is 0 Å². The highest BCUT2D eigenvalue weighted by Crippen LogP contribution is 2.51. The molecule has 30 heavy (non-hydrogen) atoms. The van der Waals surface area contributed by atoms with E-state index in [0.29, 0.717) is 0 Å². The number of guanidine groups is 1. The summed E-state index contributed by atoms with van der Waals surface area (Å²) in [7, 11) is 3.70. The van der Waals surface area contributed by atoms with Crippen LogP contribution in [0.4, 0.5) is 0 Å². The molecule has 1 aliphatic carbocycles. The van der Waals surface area contributed by atoms with Gasteiger partial charge in [-0.15, -0.1) is 11.8 Å². The van der Waals surface area contributed by atoms with Gasteiger partial charge in [0.2, 0.25) is 5.91 Å². The Hall–Kier alpha value is -1.73. The minimum absolute atomic E-state index is 0.0617. The van der Waals surface area contributed by atoms with Gasteiger partial charge in [-0.25, -0.2) is 0 Å². The standard InChI is InChI=1S/C23H37N5OS/c1-4-24-22(26-18-23(13-14-23)30-19-10-6-5-7-11-19)25-15-9-17-28-16-8-12-20(28)21(29)27(2)3/h5-7,10-11,20H,4,8-9,12-18H2,1-3H3,(H2,24,25,26). The van der Waals surface area contributed by atoms with Crippen molar-refractivity contribution in [2.24, 2.45) is 4.99 Å². The van der Waals surface area contributed by atoms with Crippen LogP contribution in [0.1, 0.15) is 39.0 Å². The summed E-state index contributed by atoms with van der Waals surface area (Å²) in [6, 6.07) is 10.7. The van der Waals surface area contributed by atoms with Crippen molar-refractivity contribution < 1.29 is 4.79 Å². The average molecular weight is 432 g/mol. The monoisotopic (exact) mass is 431 g/mol. The summed E-state index contributed by atoms with van der Waals surface area (Å²) in [5.41, 5.74) is 0. The van der Waals surface area contributed by atoms with Gasteiger partial charge in [-0.05, 0) is 57.7 Å². The maximum absolute atomic E-state index is 12.3. The third-order valence-corrected chi connectivity index (χ3v) is 7.24. The molecule has 1 aliphatic heterocycles. The van der Waals surface area contributed by atoms with Crippen LogP contribution in [-0.4, -0.2) is 79.3 Å². The van der Waals surface area contributed by atoms with Crippen molar-refractivity contribution in [2.45, 2.75) is 54.7 Å². The highest BCUT2D eigenvalue weighted by molar-refractivity contribution is 8.01. The van der Waals surface area contributed by atoms with Crippen molar-refractivity contribution in [3.63, 3.8) is 0 Å². The maximum atomic E-state index is 12.3. The molecule has 6 nitrogen and oxygen atoms in total. The molecule has 7 heteroatoms. The van der Waals surface area contributed by atoms with E-state index >= 15 is 0 Å². The fourth-order valence-corrected chi connectivity index (χ4v) is 5.12. The molecule has 1 aromatic carbocycles. The molecule has 1 saturated carbocycles. The SMILES string of the molecule is CCNC(=NCC1(Sc2ccccc2)CC1)NCCCN1CCCC1C(=O)N(C)C. The zero-order valence-electron chi connectivity index (χ0n) is 18.7. The number of hydrogen-bond acceptors (Lipinski definition) is 4. The van der Waals surface area contributed by atoms with Crippen LogP contribution in [0.2, 0.25) is 0 Å². The first-order chi connectivity index (χ1) is 14.5. The van der Waals surface area contributed by atoms with E-state index in [-0.39, 0.29) is 16.7 Å². The van der Waals surface area contributed by atoms with E-state index in [1.54, 1.807) is 4.90 Å². The van der Waals surface area contributed by atoms with Gasteiger partial charge in [0.1, 0.15) is 0 Å². The quantitative estimate of drug-likeness (QED) is 0.339. The predicted molar refractivity (Wildman–Crippen MR) is 126 cm³/mol. The lowest BCUT2D eigenvalue weighted by Crippen LogP contribution is -2.44. The van der Waals surface area contributed by atoms with Gasteiger partial charge in [0.05, 0.1) is 12.6 Å². The molecular weight excluding hydrogens is 394 g/mol. The first kappa shape index (κ1) is 22.9. The normalized spacial score (nSPS) is 20.8. The van der Waals surface area contributed by atoms with Gasteiger partial charge in [-0.2, -0.15) is 0 Å². The van der Waals surface area contributed by atoms with Gasteiger partial charge in [0.15, 0.2) is 5.96 Å². The van der Waals surface area contributed by atoms with Gasteiger partial charge < -0.3 is 15.5 Å². The Morgan fingerprint density at radius 3 is 2.70 bits per heavy atom. The molecular formula is C23H37N5OS. The number of likely N-dealkylation sites (N-methyl/N-ethyl adjacent to an activating group) is 1. The zero-order valence-corrected chi connectivity index (χ0v) is 19.5. The summed E-state index contributed by atoms with van der Waals surface area (Å²) in [5.74, 6) is 1.14. The summed E-state index contributed by atoms with van der Waals surface area (Å²) < 4.78 is 0.263. The predicted octanol–water partition coefficient (Wildman–Crippen LogP) is 2.81. The second kappa shape index (κ2) is 11.0. The van der Waals surface area contributed by atoms with E-state index in [4.69, 9.17) is 4.99 Å². The van der Waals surface area contributed by atoms with Crippen molar-refractivity contribution in [1.82, 2.24) is 20.4 Å². The second-order valence-corrected chi connectivity index (χ2v) is 10.0. The number of carbonyl (C=O) groups excluding carboxylic acids is 1. The lowest BCUT2D eigenvalue weighted by Gasteiger charge is -2.26. The van der Waals surface area contributed by atoms with Gasteiger partial charge in [-0.1, -0.05) is 18.2 Å². The Balaban J connectivity index is 1.43. The van der Waals surface area contributed by atoms with E-state index in [1.807, 2.05) is 25.9 Å². The molecule has 0 radical (unpaired) electrons. The number of likely N-dealkylation sites (tertiary alicyclic amines) is 1. The highest BCUT2D eigenvalue weighted by atomic mass is 32.2. The first-order valence-corrected chi connectivity index (χ1v) is 12.1. The Labute approximate surface area is 185 Å². The molecule has 1 amide bonds. The molecule has 166 valence electrons. The number of aliphatic imine (C=N–C) groups is 1. The van der Waals surface area contributed by atoms with E-state index in [2.05, 4.69) is 52.8 Å². The van der Waals surface area contributed by atoms with E-state index < -0.39 is 0 Å². The van der Waals surface area contributed by atoms with Gasteiger partial charge in [0.25, 0.3) is 0 Å². The third kappa shape index (κ3) is 6.64. The number of carbonyl (C=O) groups is 1. The lowest BCUT2D eigenvalue weighted by atomic mass is 10.2. The fraction of sp³-hybridized carbons (Fsp3) is 0.652. The molecule has 0 spiro atoms. The average Bonchev–Trinajstić information content (AvgIpc) is 3.34. The van der Waals surface area contributed by atoms with E-state index in [9.17, 15) is 4.79 Å². The second-order valence-electron chi connectivity index (χ2n) is 8.50. The number of benzene rings is 1. The minimum atomic E-state index is 0.0617. The molecule has 2 fully saturated rings.